The topological polar surface area (TPSA) is 65.6 Å². The normalized spacial score (nSPS) is 30.1. The van der Waals surface area contributed by atoms with Crippen molar-refractivity contribution in [2.75, 3.05) is 26.8 Å². The van der Waals surface area contributed by atoms with E-state index in [1.807, 2.05) is 25.1 Å². The molecule has 0 spiro atoms. The summed E-state index contributed by atoms with van der Waals surface area (Å²) in [5.74, 6) is -0.416. The van der Waals surface area contributed by atoms with Crippen LogP contribution in [0.2, 0.25) is 0 Å². The number of allylic oxidation sites excluding steroid dienone is 1. The van der Waals surface area contributed by atoms with E-state index < -0.39 is 5.41 Å². The van der Waals surface area contributed by atoms with E-state index in [4.69, 9.17) is 4.74 Å². The molecule has 5 nitrogen and oxygen atoms in total. The third-order valence-electron chi connectivity index (χ3n) is 5.99. The number of fused-ring (bicyclic) bond motifs is 3. The molecule has 3 unspecified atom stereocenters. The van der Waals surface area contributed by atoms with Crippen molar-refractivity contribution in [3.05, 3.63) is 47.2 Å². The van der Waals surface area contributed by atoms with Crippen LogP contribution < -0.4 is 0 Å². The van der Waals surface area contributed by atoms with Gasteiger partial charge in [0.25, 0.3) is 0 Å². The zero-order valence-corrected chi connectivity index (χ0v) is 14.7. The summed E-state index contributed by atoms with van der Waals surface area (Å²) in [5.41, 5.74) is 3.05. The molecule has 5 heteroatoms. The van der Waals surface area contributed by atoms with Gasteiger partial charge in [0, 0.05) is 35.6 Å². The highest BCUT2D eigenvalue weighted by molar-refractivity contribution is 5.91. The number of aromatic nitrogens is 1. The Morgan fingerprint density at radius 3 is 2.96 bits per heavy atom. The van der Waals surface area contributed by atoms with E-state index in [1.165, 1.54) is 12.7 Å². The lowest BCUT2D eigenvalue weighted by Gasteiger charge is -2.46. The standard InChI is InChI=1S/C20H24N2O3/c1-3-13-10-22-9-8-16(13)20(12-23,19(24)25-2)18-15(11-22)14-6-4-5-7-17(14)21-18/h3-7,16,21,23H,8-12H2,1-2H3/b13-3-. The van der Waals surface area contributed by atoms with Crippen molar-refractivity contribution >= 4 is 16.9 Å². The number of ether oxygens (including phenoxy) is 1. The number of para-hydroxylation sites is 1. The van der Waals surface area contributed by atoms with Crippen LogP contribution in [0.15, 0.2) is 35.9 Å². The second kappa shape index (κ2) is 6.00. The van der Waals surface area contributed by atoms with E-state index in [9.17, 15) is 9.90 Å². The first kappa shape index (κ1) is 16.4. The fraction of sp³-hybridized carbons (Fsp3) is 0.450. The van der Waals surface area contributed by atoms with Gasteiger partial charge >= 0.3 is 5.97 Å². The van der Waals surface area contributed by atoms with Crippen LogP contribution in [0.4, 0.5) is 0 Å². The van der Waals surface area contributed by atoms with Gasteiger partial charge in [-0.3, -0.25) is 9.69 Å². The number of hydrogen-bond acceptors (Lipinski definition) is 4. The molecule has 2 aromatic rings. The van der Waals surface area contributed by atoms with Gasteiger partial charge in [-0.15, -0.1) is 0 Å². The number of nitrogens with one attached hydrogen (secondary N) is 1. The number of piperidine rings is 1. The number of aliphatic hydroxyl groups is 1. The van der Waals surface area contributed by atoms with Crippen molar-refractivity contribution in [2.24, 2.45) is 5.92 Å². The molecule has 0 saturated carbocycles. The van der Waals surface area contributed by atoms with Gasteiger partial charge in [0.1, 0.15) is 5.41 Å². The molecular formula is C20H24N2O3. The minimum absolute atomic E-state index is 0.0571. The molecule has 0 aliphatic carbocycles. The molecule has 0 amide bonds. The Morgan fingerprint density at radius 1 is 1.44 bits per heavy atom. The molecule has 2 N–H and O–H groups in total. The summed E-state index contributed by atoms with van der Waals surface area (Å²) < 4.78 is 5.22. The maximum Gasteiger partial charge on any atom is 0.320 e. The minimum Gasteiger partial charge on any atom is -0.468 e. The summed E-state index contributed by atoms with van der Waals surface area (Å²) in [6.45, 7) is 4.27. The quantitative estimate of drug-likeness (QED) is 0.651. The first-order valence-corrected chi connectivity index (χ1v) is 8.82. The average Bonchev–Trinajstić information content (AvgIpc) is 2.99. The van der Waals surface area contributed by atoms with Gasteiger partial charge in [0.15, 0.2) is 0 Å². The number of H-pyrrole nitrogens is 1. The molecule has 4 heterocycles. The molecule has 0 radical (unpaired) electrons. The lowest BCUT2D eigenvalue weighted by Crippen LogP contribution is -2.54. The molecule has 2 bridgehead atoms. The van der Waals surface area contributed by atoms with Crippen LogP contribution in [0.25, 0.3) is 10.9 Å². The Morgan fingerprint density at radius 2 is 2.24 bits per heavy atom. The number of methoxy groups -OCH3 is 1. The number of benzene rings is 1. The summed E-state index contributed by atoms with van der Waals surface area (Å²) in [4.78, 5) is 18.9. The monoisotopic (exact) mass is 340 g/mol. The third kappa shape index (κ3) is 2.19. The zero-order chi connectivity index (χ0) is 17.6. The number of nitrogens with zero attached hydrogens (tertiary/aromatic N) is 1. The predicted octanol–water partition coefficient (Wildman–Crippen LogP) is 2.35. The molecule has 1 aromatic carbocycles. The Labute approximate surface area is 147 Å². The van der Waals surface area contributed by atoms with Crippen molar-refractivity contribution < 1.29 is 14.6 Å². The van der Waals surface area contributed by atoms with Crippen LogP contribution in [-0.2, 0) is 21.5 Å². The summed E-state index contributed by atoms with van der Waals surface area (Å²) in [6.07, 6.45) is 2.93. The average molecular weight is 340 g/mol. The Kier molecular flexibility index (Phi) is 3.93. The van der Waals surface area contributed by atoms with Gasteiger partial charge in [0.05, 0.1) is 13.7 Å². The van der Waals surface area contributed by atoms with E-state index in [1.54, 1.807) is 0 Å². The molecule has 3 atom stereocenters. The number of esters is 1. The summed E-state index contributed by atoms with van der Waals surface area (Å²) in [5, 5.41) is 11.6. The van der Waals surface area contributed by atoms with Crippen molar-refractivity contribution in [3.8, 4) is 0 Å². The lowest BCUT2D eigenvalue weighted by molar-refractivity contribution is -0.152. The van der Waals surface area contributed by atoms with E-state index in [-0.39, 0.29) is 18.5 Å². The van der Waals surface area contributed by atoms with Gasteiger partial charge < -0.3 is 14.8 Å². The second-order valence-electron chi connectivity index (χ2n) is 7.06. The molecule has 3 aliphatic rings. The van der Waals surface area contributed by atoms with Crippen molar-refractivity contribution in [1.29, 1.82) is 0 Å². The van der Waals surface area contributed by atoms with E-state index in [2.05, 4.69) is 22.0 Å². The maximum absolute atomic E-state index is 13.0. The Balaban J connectivity index is 2.06. The minimum atomic E-state index is -1.07. The van der Waals surface area contributed by atoms with Crippen LogP contribution in [0.1, 0.15) is 24.6 Å². The summed E-state index contributed by atoms with van der Waals surface area (Å²) in [7, 11) is 1.41. The van der Waals surface area contributed by atoms with E-state index >= 15 is 0 Å². The van der Waals surface area contributed by atoms with Crippen molar-refractivity contribution in [3.63, 3.8) is 0 Å². The highest BCUT2D eigenvalue weighted by atomic mass is 16.5. The first-order chi connectivity index (χ1) is 12.2. The smallest absolute Gasteiger partial charge is 0.320 e. The largest absolute Gasteiger partial charge is 0.468 e. The molecule has 25 heavy (non-hydrogen) atoms. The van der Waals surface area contributed by atoms with Crippen LogP contribution in [0.3, 0.4) is 0 Å². The van der Waals surface area contributed by atoms with E-state index in [0.717, 1.165) is 48.2 Å². The fourth-order valence-corrected chi connectivity index (χ4v) is 4.76. The number of carbonyl (C=O) groups is 1. The van der Waals surface area contributed by atoms with Crippen LogP contribution >= 0.6 is 0 Å². The third-order valence-corrected chi connectivity index (χ3v) is 5.99. The number of carbonyl (C=O) groups excluding carboxylic acids is 1. The molecule has 3 aliphatic heterocycles. The SMILES string of the molecule is C/C=C1/CN2CCC1C(CO)(C(=O)OC)c1[nH]c3ccccc3c1C2. The highest BCUT2D eigenvalue weighted by Crippen LogP contribution is 2.47. The molecule has 132 valence electrons. The first-order valence-electron chi connectivity index (χ1n) is 8.82. The fourth-order valence-electron chi connectivity index (χ4n) is 4.76. The van der Waals surface area contributed by atoms with Gasteiger partial charge in [-0.2, -0.15) is 0 Å². The Hall–Kier alpha value is -2.11. The molecule has 1 aromatic heterocycles. The maximum atomic E-state index is 13.0. The highest BCUT2D eigenvalue weighted by Gasteiger charge is 2.54. The van der Waals surface area contributed by atoms with Crippen LogP contribution in [-0.4, -0.2) is 47.8 Å². The van der Waals surface area contributed by atoms with Crippen LogP contribution in [0.5, 0.6) is 0 Å². The summed E-state index contributed by atoms with van der Waals surface area (Å²) in [6, 6.07) is 8.10. The molecule has 1 saturated heterocycles. The van der Waals surface area contributed by atoms with Gasteiger partial charge in [-0.05, 0) is 31.5 Å². The number of aromatic amines is 1. The molecular weight excluding hydrogens is 316 g/mol. The molecule has 5 rings (SSSR count). The second-order valence-corrected chi connectivity index (χ2v) is 7.06. The van der Waals surface area contributed by atoms with Gasteiger partial charge in [-0.1, -0.05) is 29.8 Å². The van der Waals surface area contributed by atoms with Crippen LogP contribution in [0, 0.1) is 5.92 Å². The summed E-state index contributed by atoms with van der Waals surface area (Å²) >= 11 is 0. The number of aliphatic hydroxyl groups excluding tert-OH is 1. The van der Waals surface area contributed by atoms with E-state index in [0.29, 0.717) is 0 Å². The predicted molar refractivity (Wildman–Crippen MR) is 96.2 cm³/mol. The van der Waals surface area contributed by atoms with Crippen molar-refractivity contribution in [1.82, 2.24) is 9.88 Å². The zero-order valence-electron chi connectivity index (χ0n) is 14.7. The van der Waals surface area contributed by atoms with Gasteiger partial charge in [-0.25, -0.2) is 0 Å². The van der Waals surface area contributed by atoms with Crippen molar-refractivity contribution in [2.45, 2.75) is 25.3 Å². The lowest BCUT2D eigenvalue weighted by atomic mass is 9.65. The molecule has 1 fully saturated rings. The number of hydrogen-bond donors (Lipinski definition) is 2. The number of rotatable bonds is 2. The Bertz CT molecular complexity index is 854. The van der Waals surface area contributed by atoms with Gasteiger partial charge in [0.2, 0.25) is 0 Å².